The maximum Gasteiger partial charge on any atom is 0.269 e. The minimum atomic E-state index is -0.692. The zero-order chi connectivity index (χ0) is 20.7. The highest BCUT2D eigenvalue weighted by Crippen LogP contribution is 2.24. The van der Waals surface area contributed by atoms with E-state index in [4.69, 9.17) is 0 Å². The molecule has 7 heteroatoms. The van der Waals surface area contributed by atoms with E-state index in [2.05, 4.69) is 16.2 Å². The summed E-state index contributed by atoms with van der Waals surface area (Å²) >= 11 is 0. The fourth-order valence-electron chi connectivity index (χ4n) is 3.36. The molecular formula is C21H32N4O3. The second-order valence-corrected chi connectivity index (χ2v) is 7.95. The van der Waals surface area contributed by atoms with Crippen LogP contribution in [0.15, 0.2) is 24.3 Å². The Balaban J connectivity index is 1.93. The van der Waals surface area contributed by atoms with Crippen molar-refractivity contribution in [1.82, 2.24) is 16.2 Å². The first-order chi connectivity index (χ1) is 13.3. The van der Waals surface area contributed by atoms with Gasteiger partial charge in [-0.25, -0.2) is 0 Å². The molecule has 0 aliphatic heterocycles. The number of benzene rings is 1. The number of rotatable bonds is 6. The van der Waals surface area contributed by atoms with E-state index in [0.29, 0.717) is 5.56 Å². The van der Waals surface area contributed by atoms with Gasteiger partial charge in [-0.05, 0) is 37.0 Å². The van der Waals surface area contributed by atoms with Gasteiger partial charge in [0, 0.05) is 31.3 Å². The summed E-state index contributed by atoms with van der Waals surface area (Å²) < 4.78 is 0. The molecule has 0 bridgehead atoms. The number of carbonyl (C=O) groups is 3. The number of amides is 3. The van der Waals surface area contributed by atoms with Crippen LogP contribution in [0, 0.1) is 11.8 Å². The Hall–Kier alpha value is -2.57. The lowest BCUT2D eigenvalue weighted by molar-refractivity contribution is -0.133. The Bertz CT molecular complexity index is 697. The molecule has 1 aliphatic carbocycles. The summed E-state index contributed by atoms with van der Waals surface area (Å²) in [6.45, 7) is 3.74. The molecule has 7 nitrogen and oxygen atoms in total. The van der Waals surface area contributed by atoms with Gasteiger partial charge in [0.2, 0.25) is 5.91 Å². The van der Waals surface area contributed by atoms with Crippen molar-refractivity contribution in [3.05, 3.63) is 29.8 Å². The molecule has 1 fully saturated rings. The average Bonchev–Trinajstić information content (AvgIpc) is 2.70. The topological polar surface area (TPSA) is 90.5 Å². The average molecular weight is 389 g/mol. The molecule has 3 N–H and O–H groups in total. The third kappa shape index (κ3) is 5.97. The van der Waals surface area contributed by atoms with Crippen LogP contribution in [0.5, 0.6) is 0 Å². The first-order valence-electron chi connectivity index (χ1n) is 9.97. The van der Waals surface area contributed by atoms with Crippen molar-refractivity contribution in [2.24, 2.45) is 11.8 Å². The lowest BCUT2D eigenvalue weighted by atomic mass is 9.88. The zero-order valence-electron chi connectivity index (χ0n) is 17.2. The van der Waals surface area contributed by atoms with E-state index in [-0.39, 0.29) is 17.7 Å². The van der Waals surface area contributed by atoms with Crippen LogP contribution in [0.1, 0.15) is 56.3 Å². The first-order valence-corrected chi connectivity index (χ1v) is 9.97. The van der Waals surface area contributed by atoms with E-state index in [1.54, 1.807) is 18.2 Å². The quantitative estimate of drug-likeness (QED) is 0.652. The van der Waals surface area contributed by atoms with Crippen LogP contribution in [0.25, 0.3) is 0 Å². The molecule has 0 heterocycles. The predicted molar refractivity (Wildman–Crippen MR) is 110 cm³/mol. The molecule has 1 atom stereocenters. The maximum absolute atomic E-state index is 12.6. The second kappa shape index (κ2) is 10.1. The van der Waals surface area contributed by atoms with Crippen LogP contribution in [0.3, 0.4) is 0 Å². The number of hydrogen-bond acceptors (Lipinski definition) is 4. The van der Waals surface area contributed by atoms with Gasteiger partial charge in [-0.1, -0.05) is 39.2 Å². The Kier molecular flexibility index (Phi) is 7.84. The molecule has 2 rings (SSSR count). The van der Waals surface area contributed by atoms with Crippen molar-refractivity contribution < 1.29 is 14.4 Å². The molecule has 154 valence electrons. The highest BCUT2D eigenvalue weighted by Gasteiger charge is 2.28. The molecule has 0 aromatic heterocycles. The number of hydrazine groups is 1. The van der Waals surface area contributed by atoms with Crippen LogP contribution in [0.2, 0.25) is 0 Å². The smallest absolute Gasteiger partial charge is 0.269 e. The molecular weight excluding hydrogens is 356 g/mol. The summed E-state index contributed by atoms with van der Waals surface area (Å²) in [6, 6.07) is 6.41. The molecule has 1 aromatic carbocycles. The Labute approximate surface area is 167 Å². The van der Waals surface area contributed by atoms with Crippen LogP contribution in [0.4, 0.5) is 5.69 Å². The van der Waals surface area contributed by atoms with Crippen LogP contribution in [-0.4, -0.2) is 37.9 Å². The summed E-state index contributed by atoms with van der Waals surface area (Å²) in [5, 5.41) is 2.86. The van der Waals surface area contributed by atoms with E-state index in [1.165, 1.54) is 6.42 Å². The Morgan fingerprint density at radius 2 is 1.71 bits per heavy atom. The van der Waals surface area contributed by atoms with Gasteiger partial charge in [-0.15, -0.1) is 0 Å². The highest BCUT2D eigenvalue weighted by molar-refractivity contribution is 5.97. The molecule has 0 saturated heterocycles. The molecule has 28 heavy (non-hydrogen) atoms. The molecule has 0 spiro atoms. The lowest BCUT2D eigenvalue weighted by Gasteiger charge is -2.26. The van der Waals surface area contributed by atoms with Crippen molar-refractivity contribution in [3.8, 4) is 0 Å². The molecule has 1 aliphatic rings. The lowest BCUT2D eigenvalue weighted by Crippen LogP contribution is -2.55. The van der Waals surface area contributed by atoms with Gasteiger partial charge in [-0.2, -0.15) is 0 Å². The predicted octanol–water partition coefficient (Wildman–Crippen LogP) is 2.23. The fraction of sp³-hybridized carbons (Fsp3) is 0.571. The minimum absolute atomic E-state index is 0.0221. The van der Waals surface area contributed by atoms with Gasteiger partial charge >= 0.3 is 0 Å². The van der Waals surface area contributed by atoms with Crippen LogP contribution < -0.4 is 21.1 Å². The highest BCUT2D eigenvalue weighted by atomic mass is 16.2. The van der Waals surface area contributed by atoms with Crippen LogP contribution >= 0.6 is 0 Å². The third-order valence-corrected chi connectivity index (χ3v) is 5.15. The normalized spacial score (nSPS) is 15.6. The standard InChI is InChI=1S/C21H32N4O3/c1-14(2)18(22-19(26)15-9-6-5-7-10-15)21(28)24-23-20(27)16-11-8-12-17(13-16)25(3)4/h8,11-15,18H,5-7,9-10H2,1-4H3,(H,22,26)(H,23,27)(H,24,28)/t18-/m0/s1. The van der Waals surface area contributed by atoms with Crippen molar-refractivity contribution in [1.29, 1.82) is 0 Å². The summed E-state index contributed by atoms with van der Waals surface area (Å²) in [6.07, 6.45) is 5.02. The van der Waals surface area contributed by atoms with Gasteiger partial charge < -0.3 is 10.2 Å². The van der Waals surface area contributed by atoms with E-state index in [1.807, 2.05) is 38.9 Å². The summed E-state index contributed by atoms with van der Waals surface area (Å²) in [7, 11) is 3.78. The molecule has 1 aromatic rings. The van der Waals surface area contributed by atoms with Crippen LogP contribution in [-0.2, 0) is 9.59 Å². The SMILES string of the molecule is CC(C)[C@H](NC(=O)C1CCCCC1)C(=O)NNC(=O)c1cccc(N(C)C)c1. The van der Waals surface area contributed by atoms with E-state index in [9.17, 15) is 14.4 Å². The van der Waals surface area contributed by atoms with Crippen molar-refractivity contribution in [2.75, 3.05) is 19.0 Å². The largest absolute Gasteiger partial charge is 0.378 e. The van der Waals surface area contributed by atoms with Crippen molar-refractivity contribution >= 4 is 23.4 Å². The van der Waals surface area contributed by atoms with E-state index in [0.717, 1.165) is 31.4 Å². The minimum Gasteiger partial charge on any atom is -0.378 e. The number of anilines is 1. The summed E-state index contributed by atoms with van der Waals surface area (Å²) in [5.41, 5.74) is 6.23. The summed E-state index contributed by atoms with van der Waals surface area (Å²) in [5.74, 6) is -1.01. The molecule has 1 saturated carbocycles. The number of carbonyl (C=O) groups excluding carboxylic acids is 3. The molecule has 0 unspecified atom stereocenters. The Morgan fingerprint density at radius 3 is 2.32 bits per heavy atom. The monoisotopic (exact) mass is 388 g/mol. The zero-order valence-corrected chi connectivity index (χ0v) is 17.2. The first kappa shape index (κ1) is 21.7. The van der Waals surface area contributed by atoms with E-state index < -0.39 is 17.9 Å². The second-order valence-electron chi connectivity index (χ2n) is 7.95. The van der Waals surface area contributed by atoms with E-state index >= 15 is 0 Å². The number of nitrogens with one attached hydrogen (secondary N) is 3. The fourth-order valence-corrected chi connectivity index (χ4v) is 3.36. The number of hydrogen-bond donors (Lipinski definition) is 3. The Morgan fingerprint density at radius 1 is 1.04 bits per heavy atom. The molecule has 3 amide bonds. The van der Waals surface area contributed by atoms with Gasteiger partial charge in [0.25, 0.3) is 11.8 Å². The van der Waals surface area contributed by atoms with Gasteiger partial charge in [0.05, 0.1) is 0 Å². The van der Waals surface area contributed by atoms with Gasteiger partial charge in [0.15, 0.2) is 0 Å². The van der Waals surface area contributed by atoms with Crippen molar-refractivity contribution in [2.45, 2.75) is 52.0 Å². The maximum atomic E-state index is 12.6. The van der Waals surface area contributed by atoms with Crippen molar-refractivity contribution in [3.63, 3.8) is 0 Å². The molecule has 0 radical (unpaired) electrons. The third-order valence-electron chi connectivity index (χ3n) is 5.15. The summed E-state index contributed by atoms with van der Waals surface area (Å²) in [4.78, 5) is 39.3. The van der Waals surface area contributed by atoms with Gasteiger partial charge in [-0.3, -0.25) is 25.2 Å². The number of nitrogens with zero attached hydrogens (tertiary/aromatic N) is 1. The van der Waals surface area contributed by atoms with Gasteiger partial charge in [0.1, 0.15) is 6.04 Å².